The first-order chi connectivity index (χ1) is 28.7. The van der Waals surface area contributed by atoms with Gasteiger partial charge >= 0.3 is 6.09 Å². The van der Waals surface area contributed by atoms with Gasteiger partial charge in [-0.2, -0.15) is 9.10 Å². The van der Waals surface area contributed by atoms with Gasteiger partial charge in [-0.25, -0.2) is 21.6 Å². The Hall–Kier alpha value is -4.61. The Kier molecular flexibility index (Phi) is 15.3. The van der Waals surface area contributed by atoms with Crippen LogP contribution in [0.1, 0.15) is 37.5 Å². The molecule has 0 bridgehead atoms. The summed E-state index contributed by atoms with van der Waals surface area (Å²) in [5.41, 5.74) is 1.93. The molecule has 2 N–H and O–H groups in total. The molecule has 0 radical (unpaired) electrons. The van der Waals surface area contributed by atoms with Crippen LogP contribution in [0.3, 0.4) is 0 Å². The number of hydrogen-bond acceptors (Lipinski definition) is 12. The molecule has 1 heterocycles. The summed E-state index contributed by atoms with van der Waals surface area (Å²) in [4.78, 5) is 11.9. The number of carboxylic acid groups (broad SMARTS) is 1. The van der Waals surface area contributed by atoms with E-state index in [-0.39, 0.29) is 42.6 Å². The van der Waals surface area contributed by atoms with Gasteiger partial charge in [0.1, 0.15) is 22.1 Å². The van der Waals surface area contributed by atoms with Crippen LogP contribution in [-0.4, -0.2) is 101 Å². The number of benzene rings is 4. The number of sulfonamides is 1. The summed E-state index contributed by atoms with van der Waals surface area (Å²) in [5, 5.41) is 24.5. The topological polar surface area (TPSA) is 201 Å². The fourth-order valence-corrected chi connectivity index (χ4v) is 12.3. The quantitative estimate of drug-likeness (QED) is 0.0644. The first kappa shape index (κ1) is 47.4. The molecule has 0 aliphatic heterocycles. The van der Waals surface area contributed by atoms with E-state index in [0.717, 1.165) is 5.56 Å². The highest BCUT2D eigenvalue weighted by molar-refractivity contribution is 14.1. The van der Waals surface area contributed by atoms with Gasteiger partial charge in [-0.05, 0) is 111 Å². The third-order valence-corrected chi connectivity index (χ3v) is 19.6. The van der Waals surface area contributed by atoms with Gasteiger partial charge in [-0.1, -0.05) is 57.2 Å². The number of amides is 1. The minimum absolute atomic E-state index is 0.0670. The van der Waals surface area contributed by atoms with Crippen LogP contribution >= 0.6 is 22.6 Å². The lowest BCUT2D eigenvalue weighted by Crippen LogP contribution is -2.49. The largest absolute Gasteiger partial charge is 0.497 e. The van der Waals surface area contributed by atoms with Crippen molar-refractivity contribution in [2.24, 2.45) is 0 Å². The molecule has 328 valence electrons. The molecule has 0 fully saturated rings. The van der Waals surface area contributed by atoms with Gasteiger partial charge in [-0.3, -0.25) is 0 Å². The second-order valence-electron chi connectivity index (χ2n) is 15.7. The molecule has 1 aromatic heterocycles. The molecule has 4 aromatic carbocycles. The van der Waals surface area contributed by atoms with Gasteiger partial charge in [0.05, 0.1) is 50.2 Å². The van der Waals surface area contributed by atoms with E-state index in [1.54, 1.807) is 67.8 Å². The molecule has 1 amide bonds. The predicted octanol–water partition coefficient (Wildman–Crippen LogP) is 6.84. The Labute approximate surface area is 371 Å². The van der Waals surface area contributed by atoms with Crippen molar-refractivity contribution < 1.29 is 45.4 Å². The number of ether oxygens (including phenoxy) is 3. The summed E-state index contributed by atoms with van der Waals surface area (Å²) in [6.45, 7) is 9.23. The molecule has 16 nitrogen and oxygen atoms in total. The molecule has 5 aromatic rings. The number of tetrazole rings is 1. The number of halogens is 1. The molecule has 0 aliphatic rings. The van der Waals surface area contributed by atoms with Crippen molar-refractivity contribution in [3.05, 3.63) is 105 Å². The highest BCUT2D eigenvalue weighted by atomic mass is 127. The van der Waals surface area contributed by atoms with E-state index < -0.39 is 55.9 Å². The van der Waals surface area contributed by atoms with Crippen LogP contribution in [0.2, 0.25) is 18.1 Å². The number of rotatable bonds is 19. The van der Waals surface area contributed by atoms with Gasteiger partial charge in [0.2, 0.25) is 15.8 Å². The monoisotopic (exact) mass is 1010 g/mol. The molecule has 20 heteroatoms. The first-order valence-corrected chi connectivity index (χ1v) is 26.1. The van der Waals surface area contributed by atoms with E-state index in [1.165, 1.54) is 35.5 Å². The zero-order valence-corrected chi connectivity index (χ0v) is 40.0. The summed E-state index contributed by atoms with van der Waals surface area (Å²) in [5.74, 6) is 0.929. The minimum atomic E-state index is -4.81. The van der Waals surface area contributed by atoms with Crippen LogP contribution in [0.4, 0.5) is 4.79 Å². The van der Waals surface area contributed by atoms with Crippen LogP contribution in [0.5, 0.6) is 17.2 Å². The minimum Gasteiger partial charge on any atom is -0.497 e. The van der Waals surface area contributed by atoms with E-state index in [4.69, 9.17) is 18.6 Å². The van der Waals surface area contributed by atoms with Crippen molar-refractivity contribution in [3.63, 3.8) is 0 Å². The summed E-state index contributed by atoms with van der Waals surface area (Å²) in [6.07, 6.45) is -2.53. The second kappa shape index (κ2) is 19.6. The molecular formula is C41H51IN6O10S2Si. The summed E-state index contributed by atoms with van der Waals surface area (Å²) in [7, 11) is -7.50. The fraction of sp³-hybridized carbons (Fsp3) is 0.366. The van der Waals surface area contributed by atoms with Crippen LogP contribution in [-0.2, 0) is 43.9 Å². The van der Waals surface area contributed by atoms with E-state index in [0.29, 0.717) is 31.9 Å². The Morgan fingerprint density at radius 1 is 0.820 bits per heavy atom. The van der Waals surface area contributed by atoms with E-state index >= 15 is 8.42 Å². The standard InChI is InChI=1S/C41H51IN6O10S2Si/c1-41(2,3)61(7,8)58-34(23-43-40(49)50)27-59(51,52)36-22-21-35(42)37(39-44-46-48(45-39)26-30-13-19-33(57-6)20-14-30)38(36)60(53,54)47(24-28-9-15-31(55-4)16-10-28)25-29-11-17-32(56-5)18-12-29/h9-22,34,43H,23-27H2,1-8H3,(H,49,50). The molecule has 0 spiro atoms. The maximum absolute atomic E-state index is 15.6. The summed E-state index contributed by atoms with van der Waals surface area (Å²) >= 11 is 1.94. The number of aromatic nitrogens is 4. The number of nitrogens with one attached hydrogen (secondary N) is 1. The number of hydrogen-bond donors (Lipinski definition) is 2. The van der Waals surface area contributed by atoms with Crippen molar-refractivity contribution in [2.75, 3.05) is 33.6 Å². The Morgan fingerprint density at radius 3 is 1.77 bits per heavy atom. The average Bonchev–Trinajstić information content (AvgIpc) is 3.67. The summed E-state index contributed by atoms with van der Waals surface area (Å²) in [6, 6.07) is 23.7. The van der Waals surface area contributed by atoms with Gasteiger partial charge in [-0.15, -0.1) is 10.2 Å². The Bertz CT molecular complexity index is 2470. The van der Waals surface area contributed by atoms with Crippen LogP contribution in [0, 0.1) is 3.57 Å². The molecule has 61 heavy (non-hydrogen) atoms. The maximum atomic E-state index is 15.6. The molecule has 0 aliphatic carbocycles. The van der Waals surface area contributed by atoms with Crippen LogP contribution in [0.25, 0.3) is 11.4 Å². The normalized spacial score (nSPS) is 12.9. The fourth-order valence-electron chi connectivity index (χ4n) is 6.04. The Morgan fingerprint density at radius 2 is 1.31 bits per heavy atom. The van der Waals surface area contributed by atoms with Crippen molar-refractivity contribution in [3.8, 4) is 28.6 Å². The summed E-state index contributed by atoms with van der Waals surface area (Å²) < 4.78 is 85.1. The number of nitrogens with zero attached hydrogens (tertiary/aromatic N) is 5. The van der Waals surface area contributed by atoms with Crippen LogP contribution < -0.4 is 19.5 Å². The number of sulfone groups is 1. The molecule has 0 saturated heterocycles. The lowest BCUT2D eigenvalue weighted by molar-refractivity contribution is 0.172. The molecule has 1 atom stereocenters. The molecule has 0 saturated carbocycles. The SMILES string of the molecule is COc1ccc(CN(Cc2ccc(OC)cc2)S(=O)(=O)c2c(S(=O)(=O)CC(CNC(=O)O)O[Si](C)(C)C(C)(C)C)ccc(I)c2-c2nnn(Cc3ccc(OC)cc3)n2)cc1. The third-order valence-electron chi connectivity index (χ3n) is 10.4. The highest BCUT2D eigenvalue weighted by Crippen LogP contribution is 2.40. The van der Waals surface area contributed by atoms with Crippen molar-refractivity contribution >= 4 is 56.9 Å². The molecule has 5 rings (SSSR count). The van der Waals surface area contributed by atoms with Gasteiger partial charge in [0, 0.05) is 23.2 Å². The average molecular weight is 1010 g/mol. The van der Waals surface area contributed by atoms with Crippen molar-refractivity contribution in [1.29, 1.82) is 0 Å². The zero-order chi connectivity index (χ0) is 44.8. The highest BCUT2D eigenvalue weighted by Gasteiger charge is 2.42. The molecule has 1 unspecified atom stereocenters. The van der Waals surface area contributed by atoms with E-state index in [2.05, 4.69) is 20.7 Å². The van der Waals surface area contributed by atoms with Crippen molar-refractivity contribution in [1.82, 2.24) is 29.8 Å². The molecular weight excluding hydrogens is 956 g/mol. The van der Waals surface area contributed by atoms with E-state index in [1.807, 2.05) is 68.6 Å². The van der Waals surface area contributed by atoms with Crippen LogP contribution in [0.15, 0.2) is 94.7 Å². The van der Waals surface area contributed by atoms with E-state index in [9.17, 15) is 18.3 Å². The second-order valence-corrected chi connectivity index (χ2v) is 25.5. The first-order valence-electron chi connectivity index (χ1n) is 19.0. The smallest absolute Gasteiger partial charge is 0.404 e. The number of methoxy groups -OCH3 is 3. The third kappa shape index (κ3) is 11.9. The van der Waals surface area contributed by atoms with Gasteiger partial charge in [0.15, 0.2) is 18.2 Å². The lowest BCUT2D eigenvalue weighted by Gasteiger charge is -2.39. The van der Waals surface area contributed by atoms with Gasteiger partial charge in [0.25, 0.3) is 0 Å². The maximum Gasteiger partial charge on any atom is 0.404 e. The lowest BCUT2D eigenvalue weighted by atomic mass is 10.2. The van der Waals surface area contributed by atoms with Gasteiger partial charge < -0.3 is 29.1 Å². The predicted molar refractivity (Wildman–Crippen MR) is 241 cm³/mol. The zero-order valence-electron chi connectivity index (χ0n) is 35.2. The number of carbonyl (C=O) groups is 1. The Balaban J connectivity index is 1.72. The van der Waals surface area contributed by atoms with Crippen molar-refractivity contribution in [2.45, 2.75) is 74.4 Å².